The second kappa shape index (κ2) is 10.8. The minimum Gasteiger partial charge on any atom is -0.493 e. The number of pyridine rings is 1. The van der Waals surface area contributed by atoms with E-state index in [1.54, 1.807) is 17.0 Å². The minimum atomic E-state index is -0.629. The van der Waals surface area contributed by atoms with E-state index in [-0.39, 0.29) is 11.9 Å². The summed E-state index contributed by atoms with van der Waals surface area (Å²) in [4.78, 5) is 19.4. The van der Waals surface area contributed by atoms with Gasteiger partial charge < -0.3 is 9.47 Å². The molecule has 1 fully saturated rings. The van der Waals surface area contributed by atoms with Gasteiger partial charge in [-0.15, -0.1) is 0 Å². The Morgan fingerprint density at radius 1 is 0.917 bits per heavy atom. The molecule has 0 N–H and O–H groups in total. The third-order valence-electron chi connectivity index (χ3n) is 6.28. The normalized spacial score (nSPS) is 16.9. The van der Waals surface area contributed by atoms with Crippen molar-refractivity contribution in [1.82, 2.24) is 4.98 Å². The lowest BCUT2D eigenvalue weighted by molar-refractivity contribution is -0.135. The second-order valence-electron chi connectivity index (χ2n) is 8.66. The van der Waals surface area contributed by atoms with Gasteiger partial charge in [-0.1, -0.05) is 61.0 Å². The predicted molar refractivity (Wildman–Crippen MR) is 142 cm³/mol. The molecule has 2 atom stereocenters. The molecule has 1 aliphatic heterocycles. The van der Waals surface area contributed by atoms with Gasteiger partial charge in [-0.05, 0) is 66.1 Å². The molecule has 1 aliphatic rings. The summed E-state index contributed by atoms with van der Waals surface area (Å²) >= 11 is 6.22. The standard InChI is InChI=1S/C30H27ClN2O3/c1-2-21-11-14-24(32-20-21)17-18-35-26-15-12-22(13-16-26)28-29(36-27-9-4-3-5-10-27)30(34)33(28)25-8-6-7-23(31)19-25/h3-16,19-20,28-29H,2,17-18H2,1H3. The molecule has 1 aromatic heterocycles. The lowest BCUT2D eigenvalue weighted by atomic mass is 9.89. The molecule has 1 amide bonds. The molecule has 2 heterocycles. The van der Waals surface area contributed by atoms with Gasteiger partial charge in [0, 0.05) is 29.0 Å². The van der Waals surface area contributed by atoms with Crippen LogP contribution in [0, 0.1) is 0 Å². The molecule has 0 saturated carbocycles. The first kappa shape index (κ1) is 23.9. The summed E-state index contributed by atoms with van der Waals surface area (Å²) in [5.41, 5.74) is 3.94. The summed E-state index contributed by atoms with van der Waals surface area (Å²) in [5.74, 6) is 1.32. The maximum Gasteiger partial charge on any atom is 0.271 e. The molecule has 5 nitrogen and oxygen atoms in total. The van der Waals surface area contributed by atoms with E-state index < -0.39 is 6.10 Å². The highest BCUT2D eigenvalue weighted by Gasteiger charge is 2.51. The van der Waals surface area contributed by atoms with Crippen molar-refractivity contribution in [2.45, 2.75) is 31.9 Å². The zero-order valence-electron chi connectivity index (χ0n) is 20.0. The quantitative estimate of drug-likeness (QED) is 0.249. The number of hydrogen-bond acceptors (Lipinski definition) is 4. The first-order chi connectivity index (χ1) is 17.6. The number of β-lactam (4-membered cyclic amide) rings is 1. The molecular weight excluding hydrogens is 472 g/mol. The smallest absolute Gasteiger partial charge is 0.271 e. The fourth-order valence-electron chi connectivity index (χ4n) is 4.31. The molecule has 3 aromatic carbocycles. The van der Waals surface area contributed by atoms with Gasteiger partial charge in [-0.25, -0.2) is 0 Å². The fraction of sp³-hybridized carbons (Fsp3) is 0.200. The highest BCUT2D eigenvalue weighted by Crippen LogP contribution is 2.42. The Balaban J connectivity index is 1.30. The molecule has 0 spiro atoms. The molecule has 0 aliphatic carbocycles. The van der Waals surface area contributed by atoms with Crippen molar-refractivity contribution in [3.63, 3.8) is 0 Å². The van der Waals surface area contributed by atoms with Gasteiger partial charge in [-0.2, -0.15) is 0 Å². The third-order valence-corrected chi connectivity index (χ3v) is 6.52. The fourth-order valence-corrected chi connectivity index (χ4v) is 4.49. The van der Waals surface area contributed by atoms with Gasteiger partial charge in [0.1, 0.15) is 17.5 Å². The van der Waals surface area contributed by atoms with Gasteiger partial charge in [-0.3, -0.25) is 14.7 Å². The van der Waals surface area contributed by atoms with Gasteiger partial charge >= 0.3 is 0 Å². The van der Waals surface area contributed by atoms with Crippen LogP contribution in [0.4, 0.5) is 5.69 Å². The summed E-state index contributed by atoms with van der Waals surface area (Å²) in [7, 11) is 0. The van der Waals surface area contributed by atoms with Crippen LogP contribution in [-0.4, -0.2) is 23.6 Å². The van der Waals surface area contributed by atoms with E-state index in [0.29, 0.717) is 17.4 Å². The molecule has 182 valence electrons. The van der Waals surface area contributed by atoms with Crippen molar-refractivity contribution in [3.05, 3.63) is 119 Å². The van der Waals surface area contributed by atoms with Gasteiger partial charge in [0.15, 0.2) is 0 Å². The van der Waals surface area contributed by atoms with Crippen molar-refractivity contribution >= 4 is 23.2 Å². The van der Waals surface area contributed by atoms with Crippen molar-refractivity contribution < 1.29 is 14.3 Å². The maximum atomic E-state index is 13.2. The van der Waals surface area contributed by atoms with Crippen molar-refractivity contribution in [2.75, 3.05) is 11.5 Å². The second-order valence-corrected chi connectivity index (χ2v) is 9.10. The van der Waals surface area contributed by atoms with E-state index in [0.717, 1.165) is 35.5 Å². The average Bonchev–Trinajstić information content (AvgIpc) is 2.92. The lowest BCUT2D eigenvalue weighted by Gasteiger charge is -2.46. The molecule has 2 unspecified atom stereocenters. The molecule has 6 heteroatoms. The number of halogens is 1. The molecule has 4 aromatic rings. The number of benzene rings is 3. The molecule has 1 saturated heterocycles. The Labute approximate surface area is 216 Å². The van der Waals surface area contributed by atoms with Gasteiger partial charge in [0.2, 0.25) is 6.10 Å². The molecular formula is C30H27ClN2O3. The summed E-state index contributed by atoms with van der Waals surface area (Å²) < 4.78 is 12.1. The van der Waals surface area contributed by atoms with E-state index in [9.17, 15) is 4.79 Å². The Morgan fingerprint density at radius 3 is 2.42 bits per heavy atom. The first-order valence-corrected chi connectivity index (χ1v) is 12.5. The Morgan fingerprint density at radius 2 is 1.72 bits per heavy atom. The van der Waals surface area contributed by atoms with Crippen LogP contribution in [-0.2, 0) is 17.6 Å². The van der Waals surface area contributed by atoms with E-state index in [4.69, 9.17) is 21.1 Å². The Bertz CT molecular complexity index is 1310. The number of carbonyl (C=O) groups is 1. The number of hydrogen-bond donors (Lipinski definition) is 0. The number of ether oxygens (including phenoxy) is 2. The SMILES string of the molecule is CCc1ccc(CCOc2ccc(C3C(Oc4ccccc4)C(=O)N3c3cccc(Cl)c3)cc2)nc1. The summed E-state index contributed by atoms with van der Waals surface area (Å²) in [5, 5.41) is 0.578. The summed E-state index contributed by atoms with van der Waals surface area (Å²) in [6.07, 6.45) is 3.01. The van der Waals surface area contributed by atoms with E-state index >= 15 is 0 Å². The number of rotatable bonds is 9. The topological polar surface area (TPSA) is 51.7 Å². The maximum absolute atomic E-state index is 13.2. The monoisotopic (exact) mass is 498 g/mol. The molecule has 5 rings (SSSR count). The minimum absolute atomic E-state index is 0.104. The summed E-state index contributed by atoms with van der Waals surface area (Å²) in [6, 6.07) is 28.4. The Hall–Kier alpha value is -3.83. The van der Waals surface area contributed by atoms with Gasteiger partial charge in [0.25, 0.3) is 5.91 Å². The number of carbonyl (C=O) groups excluding carboxylic acids is 1. The zero-order valence-corrected chi connectivity index (χ0v) is 20.8. The molecule has 36 heavy (non-hydrogen) atoms. The highest BCUT2D eigenvalue weighted by atomic mass is 35.5. The Kier molecular flexibility index (Phi) is 7.19. The number of amides is 1. The van der Waals surface area contributed by atoms with Crippen molar-refractivity contribution in [2.24, 2.45) is 0 Å². The number of para-hydroxylation sites is 1. The number of aromatic nitrogens is 1. The van der Waals surface area contributed by atoms with Crippen LogP contribution in [0.25, 0.3) is 0 Å². The first-order valence-electron chi connectivity index (χ1n) is 12.1. The van der Waals surface area contributed by atoms with Crippen molar-refractivity contribution in [1.29, 1.82) is 0 Å². The largest absolute Gasteiger partial charge is 0.493 e. The van der Waals surface area contributed by atoms with Crippen LogP contribution in [0.5, 0.6) is 11.5 Å². The van der Waals surface area contributed by atoms with Crippen molar-refractivity contribution in [3.8, 4) is 11.5 Å². The highest BCUT2D eigenvalue weighted by molar-refractivity contribution is 6.31. The van der Waals surface area contributed by atoms with Crippen LogP contribution in [0.15, 0.2) is 97.2 Å². The third kappa shape index (κ3) is 5.21. The average molecular weight is 499 g/mol. The number of anilines is 1. The number of nitrogens with zero attached hydrogens (tertiary/aromatic N) is 2. The van der Waals surface area contributed by atoms with Crippen LogP contribution < -0.4 is 14.4 Å². The zero-order chi connectivity index (χ0) is 24.9. The van der Waals surface area contributed by atoms with E-state index in [2.05, 4.69) is 24.0 Å². The molecule has 0 radical (unpaired) electrons. The van der Waals surface area contributed by atoms with Crippen LogP contribution >= 0.6 is 11.6 Å². The van der Waals surface area contributed by atoms with Crippen LogP contribution in [0.3, 0.4) is 0 Å². The molecule has 0 bridgehead atoms. The van der Waals surface area contributed by atoms with E-state index in [1.807, 2.05) is 72.9 Å². The van der Waals surface area contributed by atoms with Crippen LogP contribution in [0.1, 0.15) is 29.8 Å². The lowest BCUT2D eigenvalue weighted by Crippen LogP contribution is -2.61. The van der Waals surface area contributed by atoms with Gasteiger partial charge in [0.05, 0.1) is 6.61 Å². The van der Waals surface area contributed by atoms with E-state index in [1.165, 1.54) is 5.56 Å². The number of aryl methyl sites for hydroxylation is 1. The predicted octanol–water partition coefficient (Wildman–Crippen LogP) is 6.45. The summed E-state index contributed by atoms with van der Waals surface area (Å²) in [6.45, 7) is 2.65. The van der Waals surface area contributed by atoms with Crippen LogP contribution in [0.2, 0.25) is 5.02 Å².